The second kappa shape index (κ2) is 10.7. The number of ether oxygens (including phenoxy) is 2. The minimum atomic E-state index is 0.504. The minimum absolute atomic E-state index is 0.504. The summed E-state index contributed by atoms with van der Waals surface area (Å²) in [7, 11) is 1.67. The Kier molecular flexibility index (Phi) is 7.45. The first-order valence-corrected chi connectivity index (χ1v) is 11.6. The first-order valence-electron chi connectivity index (χ1n) is 10.8. The van der Waals surface area contributed by atoms with E-state index in [-0.39, 0.29) is 0 Å². The fourth-order valence-corrected chi connectivity index (χ4v) is 4.14. The molecule has 0 saturated heterocycles. The predicted octanol–water partition coefficient (Wildman–Crippen LogP) is 5.94. The van der Waals surface area contributed by atoms with Crippen LogP contribution in [0, 0.1) is 6.92 Å². The summed E-state index contributed by atoms with van der Waals surface area (Å²) in [6.45, 7) is 4.23. The summed E-state index contributed by atoms with van der Waals surface area (Å²) < 4.78 is 12.6. The number of hydrogen-bond donors (Lipinski definition) is 2. The molecule has 0 bridgehead atoms. The Morgan fingerprint density at radius 2 is 1.91 bits per heavy atom. The number of methoxy groups -OCH3 is 1. The fourth-order valence-electron chi connectivity index (χ4n) is 3.68. The molecule has 0 saturated carbocycles. The summed E-state index contributed by atoms with van der Waals surface area (Å²) >= 11 is 3.68. The van der Waals surface area contributed by atoms with Crippen LogP contribution in [0.25, 0.3) is 11.0 Å². The molecular formula is C26H28BrN3O2. The second-order valence-corrected chi connectivity index (χ2v) is 8.71. The van der Waals surface area contributed by atoms with Gasteiger partial charge in [-0.15, -0.1) is 0 Å². The number of imidazole rings is 1. The number of nitrogens with one attached hydrogen (secondary N) is 2. The second-order valence-electron chi connectivity index (χ2n) is 7.85. The molecule has 6 heteroatoms. The van der Waals surface area contributed by atoms with Crippen molar-refractivity contribution in [3.05, 3.63) is 87.7 Å². The van der Waals surface area contributed by atoms with Crippen LogP contribution in [-0.2, 0) is 19.6 Å². The van der Waals surface area contributed by atoms with E-state index in [4.69, 9.17) is 9.47 Å². The molecule has 0 aliphatic rings. The number of benzene rings is 3. The number of nitrogens with zero attached hydrogens (tertiary/aromatic N) is 1. The molecule has 5 nitrogen and oxygen atoms in total. The van der Waals surface area contributed by atoms with E-state index in [1.54, 1.807) is 7.11 Å². The molecule has 0 aliphatic carbocycles. The van der Waals surface area contributed by atoms with E-state index in [0.717, 1.165) is 69.9 Å². The van der Waals surface area contributed by atoms with Crippen LogP contribution in [0.2, 0.25) is 0 Å². The van der Waals surface area contributed by atoms with Crippen molar-refractivity contribution >= 4 is 27.0 Å². The van der Waals surface area contributed by atoms with Crippen LogP contribution < -0.4 is 14.8 Å². The zero-order valence-electron chi connectivity index (χ0n) is 18.5. The molecule has 0 fully saturated rings. The van der Waals surface area contributed by atoms with E-state index in [9.17, 15) is 0 Å². The summed E-state index contributed by atoms with van der Waals surface area (Å²) in [5.74, 6) is 2.50. The maximum atomic E-state index is 6.04. The molecule has 0 unspecified atom stereocenters. The molecular weight excluding hydrogens is 466 g/mol. The summed E-state index contributed by atoms with van der Waals surface area (Å²) in [4.78, 5) is 8.02. The molecule has 166 valence electrons. The normalized spacial score (nSPS) is 11.1. The molecule has 2 N–H and O–H groups in total. The average molecular weight is 494 g/mol. The molecule has 0 amide bonds. The molecule has 0 atom stereocenters. The first-order chi connectivity index (χ1) is 15.6. The maximum Gasteiger partial charge on any atom is 0.162 e. The van der Waals surface area contributed by atoms with Crippen molar-refractivity contribution in [3.63, 3.8) is 0 Å². The van der Waals surface area contributed by atoms with Gasteiger partial charge in [0, 0.05) is 17.4 Å². The highest BCUT2D eigenvalue weighted by atomic mass is 79.9. The first kappa shape index (κ1) is 22.4. The molecule has 4 rings (SSSR count). The number of aromatic amines is 1. The van der Waals surface area contributed by atoms with Crippen molar-refractivity contribution in [2.45, 2.75) is 32.9 Å². The minimum Gasteiger partial charge on any atom is -0.493 e. The third kappa shape index (κ3) is 5.69. The summed E-state index contributed by atoms with van der Waals surface area (Å²) in [5.41, 5.74) is 5.61. The Morgan fingerprint density at radius 1 is 1.03 bits per heavy atom. The quantitative estimate of drug-likeness (QED) is 0.268. The number of rotatable bonds is 10. The summed E-state index contributed by atoms with van der Waals surface area (Å²) in [6, 6.07) is 20.5. The number of aromatic nitrogens is 2. The lowest BCUT2D eigenvalue weighted by molar-refractivity contribution is 0.284. The largest absolute Gasteiger partial charge is 0.493 e. The van der Waals surface area contributed by atoms with E-state index >= 15 is 0 Å². The van der Waals surface area contributed by atoms with Crippen LogP contribution in [0.5, 0.6) is 11.5 Å². The fraction of sp³-hybridized carbons (Fsp3) is 0.269. The van der Waals surface area contributed by atoms with Crippen LogP contribution in [-0.4, -0.2) is 23.6 Å². The number of aryl methyl sites for hydroxylation is 2. The molecule has 1 aromatic heterocycles. The van der Waals surface area contributed by atoms with Crippen molar-refractivity contribution in [2.24, 2.45) is 0 Å². The number of para-hydroxylation sites is 2. The molecule has 0 spiro atoms. The summed E-state index contributed by atoms with van der Waals surface area (Å²) in [5, 5.41) is 3.51. The van der Waals surface area contributed by atoms with Gasteiger partial charge in [-0.3, -0.25) is 0 Å². The lowest BCUT2D eigenvalue weighted by Crippen LogP contribution is -2.16. The SMILES string of the molecule is COc1cc(CNCCCc2nc3ccccc3[nH]2)c(Br)cc1OCc1cccc(C)c1. The van der Waals surface area contributed by atoms with Crippen LogP contribution in [0.3, 0.4) is 0 Å². The van der Waals surface area contributed by atoms with Crippen LogP contribution in [0.15, 0.2) is 65.1 Å². The highest BCUT2D eigenvalue weighted by Crippen LogP contribution is 2.34. The van der Waals surface area contributed by atoms with Crippen LogP contribution >= 0.6 is 15.9 Å². The average Bonchev–Trinajstić information content (AvgIpc) is 3.21. The topological polar surface area (TPSA) is 59.2 Å². The third-order valence-corrected chi connectivity index (χ3v) is 6.07. The Bertz CT molecular complexity index is 1160. The number of fused-ring (bicyclic) bond motifs is 1. The van der Waals surface area contributed by atoms with Crippen molar-refractivity contribution in [1.82, 2.24) is 15.3 Å². The monoisotopic (exact) mass is 493 g/mol. The highest BCUT2D eigenvalue weighted by Gasteiger charge is 2.11. The Hall–Kier alpha value is -2.83. The van der Waals surface area contributed by atoms with Crippen molar-refractivity contribution in [1.29, 1.82) is 0 Å². The summed E-state index contributed by atoms with van der Waals surface area (Å²) in [6.07, 6.45) is 1.92. The van der Waals surface area contributed by atoms with Gasteiger partial charge in [0.15, 0.2) is 11.5 Å². The lowest BCUT2D eigenvalue weighted by atomic mass is 10.1. The smallest absolute Gasteiger partial charge is 0.162 e. The molecule has 0 aliphatic heterocycles. The van der Waals surface area contributed by atoms with Crippen LogP contribution in [0.4, 0.5) is 0 Å². The van der Waals surface area contributed by atoms with E-state index in [1.165, 1.54) is 5.56 Å². The van der Waals surface area contributed by atoms with Gasteiger partial charge in [-0.2, -0.15) is 0 Å². The molecule has 3 aromatic carbocycles. The maximum absolute atomic E-state index is 6.04. The predicted molar refractivity (Wildman–Crippen MR) is 132 cm³/mol. The lowest BCUT2D eigenvalue weighted by Gasteiger charge is -2.15. The number of halogens is 1. The van der Waals surface area contributed by atoms with Gasteiger partial charge in [0.2, 0.25) is 0 Å². The van der Waals surface area contributed by atoms with Crippen molar-refractivity contribution in [3.8, 4) is 11.5 Å². The van der Waals surface area contributed by atoms with Gasteiger partial charge >= 0.3 is 0 Å². The third-order valence-electron chi connectivity index (χ3n) is 5.33. The van der Waals surface area contributed by atoms with Gasteiger partial charge in [-0.1, -0.05) is 57.9 Å². The van der Waals surface area contributed by atoms with E-state index in [1.807, 2.05) is 36.4 Å². The van der Waals surface area contributed by atoms with Gasteiger partial charge in [-0.25, -0.2) is 4.98 Å². The molecule has 32 heavy (non-hydrogen) atoms. The van der Waals surface area contributed by atoms with Gasteiger partial charge in [0.25, 0.3) is 0 Å². The molecule has 4 aromatic rings. The Labute approximate surface area is 197 Å². The van der Waals surface area contributed by atoms with E-state index in [0.29, 0.717) is 6.61 Å². The standard InChI is InChI=1S/C26H28BrN3O2/c1-18-7-5-8-19(13-18)17-32-25-15-21(27)20(14-24(25)31-2)16-28-12-6-11-26-29-22-9-3-4-10-23(22)30-26/h3-5,7-10,13-15,28H,6,11-12,16-17H2,1-2H3,(H,29,30). The zero-order chi connectivity index (χ0) is 22.3. The zero-order valence-corrected chi connectivity index (χ0v) is 20.0. The Morgan fingerprint density at radius 3 is 2.72 bits per heavy atom. The van der Waals surface area contributed by atoms with Gasteiger partial charge in [0.1, 0.15) is 12.4 Å². The van der Waals surface area contributed by atoms with Crippen molar-refractivity contribution < 1.29 is 9.47 Å². The van der Waals surface area contributed by atoms with Gasteiger partial charge < -0.3 is 19.8 Å². The van der Waals surface area contributed by atoms with E-state index < -0.39 is 0 Å². The van der Waals surface area contributed by atoms with Gasteiger partial charge in [-0.05, 0) is 55.3 Å². The molecule has 0 radical (unpaired) electrons. The Balaban J connectivity index is 1.29. The van der Waals surface area contributed by atoms with Gasteiger partial charge in [0.05, 0.1) is 18.1 Å². The van der Waals surface area contributed by atoms with E-state index in [2.05, 4.69) is 62.4 Å². The molecule has 1 heterocycles. The number of H-pyrrole nitrogens is 1. The van der Waals surface area contributed by atoms with Crippen molar-refractivity contribution in [2.75, 3.05) is 13.7 Å². The van der Waals surface area contributed by atoms with Crippen LogP contribution in [0.1, 0.15) is 28.9 Å². The number of hydrogen-bond acceptors (Lipinski definition) is 4. The highest BCUT2D eigenvalue weighted by molar-refractivity contribution is 9.10.